The van der Waals surface area contributed by atoms with E-state index in [0.29, 0.717) is 37.4 Å². The Hall–Kier alpha value is -2.54. The molecule has 0 spiro atoms. The highest BCUT2D eigenvalue weighted by Gasteiger charge is 2.32. The molecule has 2 amide bonds. The molecule has 1 aromatic rings. The van der Waals surface area contributed by atoms with Crippen molar-refractivity contribution >= 4 is 12.0 Å². The summed E-state index contributed by atoms with van der Waals surface area (Å²) in [5.74, 6) is 0.475. The van der Waals surface area contributed by atoms with Gasteiger partial charge in [0.15, 0.2) is 0 Å². The number of hydrogen-bond acceptors (Lipinski definition) is 4. The van der Waals surface area contributed by atoms with E-state index in [0.717, 1.165) is 22.8 Å². The van der Waals surface area contributed by atoms with E-state index in [1.54, 1.807) is 6.92 Å². The van der Waals surface area contributed by atoms with Crippen LogP contribution < -0.4 is 20.3 Å². The predicted molar refractivity (Wildman–Crippen MR) is 102 cm³/mol. The maximum atomic E-state index is 12.4. The molecule has 27 heavy (non-hydrogen) atoms. The van der Waals surface area contributed by atoms with Gasteiger partial charge in [0, 0.05) is 5.56 Å². The molecule has 2 atom stereocenters. The third-order valence-corrected chi connectivity index (χ3v) is 4.37. The number of hydrogen-bond donors (Lipinski definition) is 3. The minimum Gasteiger partial charge on any atom is -0.494 e. The summed E-state index contributed by atoms with van der Waals surface area (Å²) in [5.41, 5.74) is 2.30. The molecular weight excluding hydrogens is 346 g/mol. The summed E-state index contributed by atoms with van der Waals surface area (Å²) in [7, 11) is 2.03. The van der Waals surface area contributed by atoms with E-state index in [4.69, 9.17) is 9.47 Å². The molecule has 1 aliphatic rings. The summed E-state index contributed by atoms with van der Waals surface area (Å²) in [5, 5.41) is 5.60. The first-order valence-corrected chi connectivity index (χ1v) is 9.49. The van der Waals surface area contributed by atoms with E-state index < -0.39 is 0 Å². The lowest BCUT2D eigenvalue weighted by Gasteiger charge is -2.29. The van der Waals surface area contributed by atoms with Gasteiger partial charge in [-0.15, -0.1) is 0 Å². The Morgan fingerprint density at radius 3 is 2.41 bits per heavy atom. The summed E-state index contributed by atoms with van der Waals surface area (Å²) in [6, 6.07) is 7.37. The predicted octanol–water partition coefficient (Wildman–Crippen LogP) is 1.01. The second-order valence-electron chi connectivity index (χ2n) is 6.56. The van der Waals surface area contributed by atoms with Gasteiger partial charge in [-0.3, -0.25) is 0 Å². The highest BCUT2D eigenvalue weighted by Crippen LogP contribution is 2.16. The molecule has 0 fully saturated rings. The first-order chi connectivity index (χ1) is 13.0. The summed E-state index contributed by atoms with van der Waals surface area (Å²) >= 11 is 0. The molecular formula is C20H30N3O4+. The zero-order valence-corrected chi connectivity index (χ0v) is 16.6. The molecule has 1 aliphatic heterocycles. The number of carbonyl (C=O) groups is 2. The van der Waals surface area contributed by atoms with Gasteiger partial charge in [-0.1, -0.05) is 6.92 Å². The average molecular weight is 376 g/mol. The molecule has 7 nitrogen and oxygen atoms in total. The van der Waals surface area contributed by atoms with Crippen molar-refractivity contribution in [1.29, 1.82) is 0 Å². The molecule has 0 aliphatic carbocycles. The van der Waals surface area contributed by atoms with Crippen molar-refractivity contribution < 1.29 is 24.0 Å². The Kier molecular flexibility index (Phi) is 7.67. The largest absolute Gasteiger partial charge is 0.494 e. The smallest absolute Gasteiger partial charge is 0.338 e. The number of rotatable bonds is 9. The van der Waals surface area contributed by atoms with Gasteiger partial charge in [-0.05, 0) is 44.5 Å². The van der Waals surface area contributed by atoms with Crippen molar-refractivity contribution in [3.8, 4) is 5.75 Å². The van der Waals surface area contributed by atoms with Gasteiger partial charge in [0.05, 0.1) is 37.6 Å². The number of carbonyl (C=O) groups excluding carboxylic acids is 2. The van der Waals surface area contributed by atoms with Crippen LogP contribution in [0.5, 0.6) is 5.75 Å². The van der Waals surface area contributed by atoms with Crippen molar-refractivity contribution in [3.05, 3.63) is 41.1 Å². The number of likely N-dealkylation sites (N-methyl/N-ethyl adjacent to an activating group) is 1. The third kappa shape index (κ3) is 5.72. The first-order valence-electron chi connectivity index (χ1n) is 9.49. The molecule has 3 N–H and O–H groups in total. The zero-order valence-electron chi connectivity index (χ0n) is 16.6. The number of nitrogens with one attached hydrogen (secondary N) is 3. The summed E-state index contributed by atoms with van der Waals surface area (Å²) in [6.07, 6.45) is 0.628. The minimum atomic E-state index is -0.374. The fraction of sp³-hybridized carbons (Fsp3) is 0.500. The molecule has 7 heteroatoms. The van der Waals surface area contributed by atoms with E-state index in [1.165, 1.54) is 0 Å². The maximum Gasteiger partial charge on any atom is 0.338 e. The molecule has 0 saturated carbocycles. The second-order valence-corrected chi connectivity index (χ2v) is 6.56. The van der Waals surface area contributed by atoms with Crippen LogP contribution in [0.15, 0.2) is 35.5 Å². The van der Waals surface area contributed by atoms with E-state index in [2.05, 4.69) is 10.6 Å². The Bertz CT molecular complexity index is 685. The zero-order chi connectivity index (χ0) is 19.8. The summed E-state index contributed by atoms with van der Waals surface area (Å²) < 4.78 is 10.7. The number of amides is 2. The molecule has 1 heterocycles. The van der Waals surface area contributed by atoms with E-state index in [-0.39, 0.29) is 18.0 Å². The van der Waals surface area contributed by atoms with Crippen LogP contribution >= 0.6 is 0 Å². The quantitative estimate of drug-likeness (QED) is 0.562. The van der Waals surface area contributed by atoms with E-state index >= 15 is 0 Å². The van der Waals surface area contributed by atoms with Gasteiger partial charge in [0.2, 0.25) is 0 Å². The highest BCUT2D eigenvalue weighted by molar-refractivity contribution is 5.94. The molecule has 148 valence electrons. The lowest BCUT2D eigenvalue weighted by atomic mass is 10.00. The minimum absolute atomic E-state index is 0.279. The number of urea groups is 1. The first kappa shape index (κ1) is 20.8. The fourth-order valence-corrected chi connectivity index (χ4v) is 3.18. The molecule has 0 aromatic heterocycles. The summed E-state index contributed by atoms with van der Waals surface area (Å²) in [4.78, 5) is 25.6. The van der Waals surface area contributed by atoms with Gasteiger partial charge in [0.1, 0.15) is 18.8 Å². The Labute approximate surface area is 160 Å². The fourth-order valence-electron chi connectivity index (χ4n) is 3.18. The highest BCUT2D eigenvalue weighted by atomic mass is 16.5. The molecule has 1 aromatic carbocycles. The van der Waals surface area contributed by atoms with Crippen LogP contribution in [0.1, 0.15) is 32.8 Å². The van der Waals surface area contributed by atoms with Gasteiger partial charge < -0.3 is 25.0 Å². The van der Waals surface area contributed by atoms with Crippen LogP contribution in [0.25, 0.3) is 0 Å². The van der Waals surface area contributed by atoms with Gasteiger partial charge >= 0.3 is 12.0 Å². The maximum absolute atomic E-state index is 12.4. The monoisotopic (exact) mass is 376 g/mol. The van der Waals surface area contributed by atoms with Crippen LogP contribution in [-0.4, -0.2) is 44.8 Å². The van der Waals surface area contributed by atoms with Crippen molar-refractivity contribution in [2.24, 2.45) is 0 Å². The van der Waals surface area contributed by atoms with Crippen molar-refractivity contribution in [2.75, 3.05) is 26.8 Å². The van der Waals surface area contributed by atoms with Gasteiger partial charge in [-0.2, -0.15) is 0 Å². The molecule has 0 radical (unpaired) electrons. The van der Waals surface area contributed by atoms with Crippen molar-refractivity contribution in [2.45, 2.75) is 39.8 Å². The van der Waals surface area contributed by atoms with Gasteiger partial charge in [-0.25, -0.2) is 9.59 Å². The topological polar surface area (TPSA) is 81.1 Å². The molecule has 0 bridgehead atoms. The number of quaternary nitrogens is 1. The standard InChI is InChI=1S/C20H29N3O4/c1-5-16-18(19(24)27-7-3)17(22-20(25)21-16)13-23(4)12-14-8-10-15(11-9-14)26-6-2/h8-11,16H,5-7,12-13H2,1-4H3,(H2,21,22,25)/p+1/t16-/m0/s1. The normalized spacial score (nSPS) is 17.8. The Morgan fingerprint density at radius 1 is 1.11 bits per heavy atom. The average Bonchev–Trinajstić information content (AvgIpc) is 2.63. The van der Waals surface area contributed by atoms with E-state index in [1.807, 2.05) is 45.2 Å². The number of ether oxygens (including phenoxy) is 2. The van der Waals surface area contributed by atoms with E-state index in [9.17, 15) is 9.59 Å². The lowest BCUT2D eigenvalue weighted by molar-refractivity contribution is -0.889. The SMILES string of the molecule is CCOC(=O)C1=C(C[NH+](C)Cc2ccc(OCC)cc2)NC(=O)N[C@H]1CC. The Balaban J connectivity index is 2.14. The van der Waals surface area contributed by atoms with Crippen molar-refractivity contribution in [3.63, 3.8) is 0 Å². The van der Waals surface area contributed by atoms with Crippen LogP contribution in [0.3, 0.4) is 0 Å². The van der Waals surface area contributed by atoms with Crippen LogP contribution in [-0.2, 0) is 16.1 Å². The third-order valence-electron chi connectivity index (χ3n) is 4.37. The van der Waals surface area contributed by atoms with Crippen LogP contribution in [0, 0.1) is 0 Å². The second kappa shape index (κ2) is 9.97. The van der Waals surface area contributed by atoms with Crippen LogP contribution in [0.2, 0.25) is 0 Å². The molecule has 1 unspecified atom stereocenters. The number of benzene rings is 1. The lowest BCUT2D eigenvalue weighted by Crippen LogP contribution is -3.08. The van der Waals surface area contributed by atoms with Crippen LogP contribution in [0.4, 0.5) is 4.79 Å². The number of esters is 1. The molecule has 2 rings (SSSR count). The summed E-state index contributed by atoms with van der Waals surface area (Å²) in [6.45, 7) is 7.88. The van der Waals surface area contributed by atoms with Gasteiger partial charge in [0.25, 0.3) is 0 Å². The Morgan fingerprint density at radius 2 is 1.81 bits per heavy atom. The van der Waals surface area contributed by atoms with Crippen molar-refractivity contribution in [1.82, 2.24) is 10.6 Å². The molecule has 0 saturated heterocycles.